The summed E-state index contributed by atoms with van der Waals surface area (Å²) in [5.41, 5.74) is 0. The van der Waals surface area contributed by atoms with Crippen LogP contribution in [0.5, 0.6) is 0 Å². The third kappa shape index (κ3) is 4.62. The van der Waals surface area contributed by atoms with Crippen molar-refractivity contribution in [3.8, 4) is 0 Å². The zero-order valence-electron chi connectivity index (χ0n) is 9.95. The van der Waals surface area contributed by atoms with Gasteiger partial charge < -0.3 is 15.0 Å². The Morgan fingerprint density at radius 1 is 1.53 bits per heavy atom. The van der Waals surface area contributed by atoms with Crippen LogP contribution in [0.25, 0.3) is 0 Å². The number of likely N-dealkylation sites (N-methyl/N-ethyl adjacent to an activating group) is 1. The second kappa shape index (κ2) is 6.08. The normalized spacial score (nSPS) is 16.5. The molecule has 0 spiro atoms. The molecule has 0 atom stereocenters. The topological polar surface area (TPSA) is 41.6 Å². The highest BCUT2D eigenvalue weighted by molar-refractivity contribution is 5.76. The number of hydrogen-bond acceptors (Lipinski definition) is 3. The monoisotopic (exact) mass is 214 g/mol. The fourth-order valence-corrected chi connectivity index (χ4v) is 1.45. The van der Waals surface area contributed by atoms with E-state index >= 15 is 0 Å². The van der Waals surface area contributed by atoms with Gasteiger partial charge in [0.15, 0.2) is 0 Å². The standard InChI is InChI=1S/C11H22N2O2/c1-9(2)15-5-4-13(3)11(14)6-10-7-12-8-10/h9-10,12H,4-8H2,1-3H3. The van der Waals surface area contributed by atoms with Crippen molar-refractivity contribution < 1.29 is 9.53 Å². The molecule has 4 nitrogen and oxygen atoms in total. The van der Waals surface area contributed by atoms with Crippen molar-refractivity contribution in [1.82, 2.24) is 10.2 Å². The highest BCUT2D eigenvalue weighted by Crippen LogP contribution is 2.09. The molecule has 1 N–H and O–H groups in total. The zero-order chi connectivity index (χ0) is 11.3. The van der Waals surface area contributed by atoms with E-state index in [0.29, 0.717) is 25.5 Å². The number of ether oxygens (including phenoxy) is 1. The van der Waals surface area contributed by atoms with E-state index in [1.165, 1.54) is 0 Å². The van der Waals surface area contributed by atoms with Crippen molar-refractivity contribution in [3.63, 3.8) is 0 Å². The molecule has 4 heteroatoms. The first-order valence-electron chi connectivity index (χ1n) is 5.66. The highest BCUT2D eigenvalue weighted by Gasteiger charge is 2.21. The number of amides is 1. The van der Waals surface area contributed by atoms with Gasteiger partial charge in [-0.1, -0.05) is 0 Å². The predicted octanol–water partition coefficient (Wildman–Crippen LogP) is 0.479. The first-order chi connectivity index (χ1) is 7.09. The van der Waals surface area contributed by atoms with E-state index in [1.807, 2.05) is 20.9 Å². The van der Waals surface area contributed by atoms with Gasteiger partial charge in [-0.25, -0.2) is 0 Å². The van der Waals surface area contributed by atoms with Crippen LogP contribution in [-0.4, -0.2) is 50.2 Å². The molecule has 0 saturated carbocycles. The second-order valence-electron chi connectivity index (χ2n) is 4.46. The summed E-state index contributed by atoms with van der Waals surface area (Å²) in [5, 5.41) is 3.17. The number of carbonyl (C=O) groups excluding carboxylic acids is 1. The van der Waals surface area contributed by atoms with Crippen LogP contribution in [0.15, 0.2) is 0 Å². The average Bonchev–Trinajstić information content (AvgIpc) is 2.10. The van der Waals surface area contributed by atoms with Crippen molar-refractivity contribution in [1.29, 1.82) is 0 Å². The molecule has 0 unspecified atom stereocenters. The SMILES string of the molecule is CC(C)OCCN(C)C(=O)CC1CNC1. The lowest BCUT2D eigenvalue weighted by molar-refractivity contribution is -0.132. The zero-order valence-corrected chi connectivity index (χ0v) is 9.95. The molecule has 1 aliphatic rings. The van der Waals surface area contributed by atoms with Crippen molar-refractivity contribution in [2.75, 3.05) is 33.3 Å². The summed E-state index contributed by atoms with van der Waals surface area (Å²) >= 11 is 0. The number of nitrogens with one attached hydrogen (secondary N) is 1. The Balaban J connectivity index is 2.09. The minimum Gasteiger partial charge on any atom is -0.377 e. The fourth-order valence-electron chi connectivity index (χ4n) is 1.45. The first kappa shape index (κ1) is 12.5. The minimum absolute atomic E-state index is 0.230. The fraction of sp³-hybridized carbons (Fsp3) is 0.909. The molecule has 1 amide bonds. The third-order valence-electron chi connectivity index (χ3n) is 2.63. The maximum Gasteiger partial charge on any atom is 0.222 e. The molecular weight excluding hydrogens is 192 g/mol. The van der Waals surface area contributed by atoms with Crippen LogP contribution < -0.4 is 5.32 Å². The maximum atomic E-state index is 11.7. The molecule has 1 aliphatic heterocycles. The third-order valence-corrected chi connectivity index (χ3v) is 2.63. The lowest BCUT2D eigenvalue weighted by atomic mass is 9.99. The summed E-state index contributed by atoms with van der Waals surface area (Å²) in [6.07, 6.45) is 0.912. The van der Waals surface area contributed by atoms with Crippen molar-refractivity contribution in [2.45, 2.75) is 26.4 Å². The molecule has 15 heavy (non-hydrogen) atoms. The molecule has 1 saturated heterocycles. The molecular formula is C11H22N2O2. The van der Waals surface area contributed by atoms with Gasteiger partial charge in [-0.15, -0.1) is 0 Å². The molecule has 88 valence electrons. The van der Waals surface area contributed by atoms with Gasteiger partial charge in [0.1, 0.15) is 0 Å². The molecule has 0 bridgehead atoms. The predicted molar refractivity (Wildman–Crippen MR) is 59.7 cm³/mol. The van der Waals surface area contributed by atoms with E-state index in [9.17, 15) is 4.79 Å². The van der Waals surface area contributed by atoms with Gasteiger partial charge in [-0.05, 0) is 32.9 Å². The summed E-state index contributed by atoms with van der Waals surface area (Å²) in [6, 6.07) is 0. The number of carbonyl (C=O) groups is 1. The Hall–Kier alpha value is -0.610. The Morgan fingerprint density at radius 3 is 2.67 bits per heavy atom. The largest absolute Gasteiger partial charge is 0.377 e. The minimum atomic E-state index is 0.230. The van der Waals surface area contributed by atoms with E-state index in [1.54, 1.807) is 4.90 Å². The van der Waals surface area contributed by atoms with Gasteiger partial charge in [0.25, 0.3) is 0 Å². The van der Waals surface area contributed by atoms with Gasteiger partial charge >= 0.3 is 0 Å². The van der Waals surface area contributed by atoms with Crippen LogP contribution in [0.3, 0.4) is 0 Å². The summed E-state index contributed by atoms with van der Waals surface area (Å²) in [5.74, 6) is 0.778. The quantitative estimate of drug-likeness (QED) is 0.699. The smallest absolute Gasteiger partial charge is 0.222 e. The molecule has 1 heterocycles. The van der Waals surface area contributed by atoms with E-state index in [4.69, 9.17) is 4.74 Å². The summed E-state index contributed by atoms with van der Waals surface area (Å²) in [4.78, 5) is 13.4. The molecule has 0 aromatic carbocycles. The van der Waals surface area contributed by atoms with Gasteiger partial charge in [-0.3, -0.25) is 4.79 Å². The molecule has 0 aromatic heterocycles. The van der Waals surface area contributed by atoms with Gasteiger partial charge in [0.2, 0.25) is 5.91 Å². The maximum absolute atomic E-state index is 11.7. The molecule has 1 fully saturated rings. The van der Waals surface area contributed by atoms with E-state index in [2.05, 4.69) is 5.32 Å². The summed E-state index contributed by atoms with van der Waals surface area (Å²) in [7, 11) is 1.85. The van der Waals surface area contributed by atoms with Crippen molar-refractivity contribution in [3.05, 3.63) is 0 Å². The summed E-state index contributed by atoms with van der Waals surface area (Å²) in [6.45, 7) is 7.30. The Kier molecular flexibility index (Phi) is 5.05. The number of nitrogens with zero attached hydrogens (tertiary/aromatic N) is 1. The van der Waals surface area contributed by atoms with Crippen molar-refractivity contribution in [2.24, 2.45) is 5.92 Å². The second-order valence-corrected chi connectivity index (χ2v) is 4.46. The number of rotatable bonds is 6. The number of hydrogen-bond donors (Lipinski definition) is 1. The molecule has 1 rings (SSSR count). The molecule has 0 aromatic rings. The Morgan fingerprint density at radius 2 is 2.20 bits per heavy atom. The molecule has 0 radical (unpaired) electrons. The summed E-state index contributed by atoms with van der Waals surface area (Å²) < 4.78 is 5.40. The van der Waals surface area contributed by atoms with E-state index in [0.717, 1.165) is 13.1 Å². The first-order valence-corrected chi connectivity index (χ1v) is 5.66. The average molecular weight is 214 g/mol. The van der Waals surface area contributed by atoms with Gasteiger partial charge in [0, 0.05) is 20.0 Å². The lowest BCUT2D eigenvalue weighted by Crippen LogP contribution is -2.45. The lowest BCUT2D eigenvalue weighted by Gasteiger charge is -2.28. The van der Waals surface area contributed by atoms with Gasteiger partial charge in [-0.2, -0.15) is 0 Å². The van der Waals surface area contributed by atoms with Crippen LogP contribution in [0.1, 0.15) is 20.3 Å². The van der Waals surface area contributed by atoms with Crippen LogP contribution in [-0.2, 0) is 9.53 Å². The Labute approximate surface area is 92.0 Å². The highest BCUT2D eigenvalue weighted by atomic mass is 16.5. The van der Waals surface area contributed by atoms with Crippen LogP contribution in [0, 0.1) is 5.92 Å². The van der Waals surface area contributed by atoms with Gasteiger partial charge in [0.05, 0.1) is 12.7 Å². The van der Waals surface area contributed by atoms with E-state index < -0.39 is 0 Å². The van der Waals surface area contributed by atoms with Crippen molar-refractivity contribution >= 4 is 5.91 Å². The molecule has 0 aliphatic carbocycles. The van der Waals surface area contributed by atoms with Crippen LogP contribution >= 0.6 is 0 Å². The van der Waals surface area contributed by atoms with E-state index in [-0.39, 0.29) is 12.0 Å². The Bertz CT molecular complexity index is 203. The van der Waals surface area contributed by atoms with Crippen LogP contribution in [0.4, 0.5) is 0 Å². The van der Waals surface area contributed by atoms with Crippen LogP contribution in [0.2, 0.25) is 0 Å².